The molecule has 0 unspecified atom stereocenters. The molecule has 24 heavy (non-hydrogen) atoms. The summed E-state index contributed by atoms with van der Waals surface area (Å²) in [6.07, 6.45) is 2.03. The molecule has 4 aromatic heterocycles. The number of fused-ring (bicyclic) bond motifs is 2. The topological polar surface area (TPSA) is 73.3 Å². The number of rotatable bonds is 3. The van der Waals surface area contributed by atoms with Crippen LogP contribution in [0.2, 0.25) is 0 Å². The van der Waals surface area contributed by atoms with Crippen LogP contribution in [0.25, 0.3) is 11.4 Å². The van der Waals surface area contributed by atoms with Crippen molar-refractivity contribution in [1.82, 2.24) is 34.0 Å². The summed E-state index contributed by atoms with van der Waals surface area (Å²) < 4.78 is 3.99. The Morgan fingerprint density at radius 1 is 0.958 bits per heavy atom. The SMILES string of the molecule is Cc1cc2nnc(SCc3cn4c(C)cc(C)nc4n3)n2c(C)n1. The monoisotopic (exact) mass is 339 g/mol. The second-order valence-electron chi connectivity index (χ2n) is 5.85. The van der Waals surface area contributed by atoms with Gasteiger partial charge in [-0.15, -0.1) is 10.2 Å². The fourth-order valence-corrected chi connectivity index (χ4v) is 3.69. The van der Waals surface area contributed by atoms with E-state index in [0.29, 0.717) is 5.75 Å². The van der Waals surface area contributed by atoms with E-state index in [2.05, 4.69) is 38.1 Å². The third-order valence-corrected chi connectivity index (χ3v) is 4.78. The fourth-order valence-electron chi connectivity index (χ4n) is 2.82. The van der Waals surface area contributed by atoms with Gasteiger partial charge < -0.3 is 0 Å². The predicted molar refractivity (Wildman–Crippen MR) is 92.3 cm³/mol. The van der Waals surface area contributed by atoms with Crippen LogP contribution in [0, 0.1) is 27.7 Å². The molecule has 0 aromatic carbocycles. The van der Waals surface area contributed by atoms with Crippen LogP contribution in [0.5, 0.6) is 0 Å². The summed E-state index contributed by atoms with van der Waals surface area (Å²) in [4.78, 5) is 13.6. The maximum absolute atomic E-state index is 4.61. The van der Waals surface area contributed by atoms with Crippen molar-refractivity contribution in [2.24, 2.45) is 0 Å². The van der Waals surface area contributed by atoms with Gasteiger partial charge in [0.15, 0.2) is 10.8 Å². The van der Waals surface area contributed by atoms with Crippen LogP contribution >= 0.6 is 11.8 Å². The second kappa shape index (κ2) is 5.55. The molecule has 4 rings (SSSR count). The predicted octanol–water partition coefficient (Wildman–Crippen LogP) is 2.69. The number of aromatic nitrogens is 7. The molecule has 8 heteroatoms. The maximum Gasteiger partial charge on any atom is 0.234 e. The molecule has 0 radical (unpaired) electrons. The molecule has 7 nitrogen and oxygen atoms in total. The van der Waals surface area contributed by atoms with Gasteiger partial charge in [0.05, 0.1) is 5.69 Å². The Morgan fingerprint density at radius 2 is 1.75 bits per heavy atom. The van der Waals surface area contributed by atoms with E-state index >= 15 is 0 Å². The zero-order valence-corrected chi connectivity index (χ0v) is 14.8. The number of imidazole rings is 1. The van der Waals surface area contributed by atoms with Crippen molar-refractivity contribution < 1.29 is 0 Å². The van der Waals surface area contributed by atoms with E-state index in [1.165, 1.54) is 0 Å². The number of hydrogen-bond donors (Lipinski definition) is 0. The van der Waals surface area contributed by atoms with E-state index in [-0.39, 0.29) is 0 Å². The van der Waals surface area contributed by atoms with Crippen molar-refractivity contribution in [2.45, 2.75) is 38.6 Å². The van der Waals surface area contributed by atoms with Gasteiger partial charge in [-0.3, -0.25) is 8.80 Å². The standard InChI is InChI=1S/C16H17N7S/c1-9-5-11(3)22-7-13(19-15(22)18-9)8-24-16-21-20-14-6-10(2)17-12(4)23(14)16/h5-7H,8H2,1-4H3. The molecule has 0 N–H and O–H groups in total. The summed E-state index contributed by atoms with van der Waals surface area (Å²) in [5.74, 6) is 2.33. The van der Waals surface area contributed by atoms with Crippen molar-refractivity contribution in [3.8, 4) is 0 Å². The molecule has 0 bridgehead atoms. The van der Waals surface area contributed by atoms with Gasteiger partial charge in [-0.1, -0.05) is 11.8 Å². The molecule has 0 aliphatic carbocycles. The molecule has 0 saturated heterocycles. The fraction of sp³-hybridized carbons (Fsp3) is 0.312. The first-order valence-electron chi connectivity index (χ1n) is 7.65. The molecule has 0 spiro atoms. The van der Waals surface area contributed by atoms with E-state index in [0.717, 1.165) is 45.2 Å². The summed E-state index contributed by atoms with van der Waals surface area (Å²) in [7, 11) is 0. The molecule has 0 aliphatic heterocycles. The normalized spacial score (nSPS) is 11.7. The largest absolute Gasteiger partial charge is 0.288 e. The summed E-state index contributed by atoms with van der Waals surface area (Å²) in [5, 5.41) is 9.35. The lowest BCUT2D eigenvalue weighted by Crippen LogP contribution is -1.98. The minimum absolute atomic E-state index is 0.704. The highest BCUT2D eigenvalue weighted by Crippen LogP contribution is 2.23. The molecular formula is C16H17N7S. The molecule has 122 valence electrons. The first kappa shape index (κ1) is 15.1. The van der Waals surface area contributed by atoms with Crippen LogP contribution in [0.1, 0.15) is 28.6 Å². The van der Waals surface area contributed by atoms with Gasteiger partial charge in [0.2, 0.25) is 5.78 Å². The number of hydrogen-bond acceptors (Lipinski definition) is 6. The molecule has 0 fully saturated rings. The van der Waals surface area contributed by atoms with Gasteiger partial charge >= 0.3 is 0 Å². The first-order valence-corrected chi connectivity index (χ1v) is 8.64. The molecule has 0 aliphatic rings. The Labute approximate surface area is 143 Å². The Kier molecular flexibility index (Phi) is 3.49. The lowest BCUT2D eigenvalue weighted by Gasteiger charge is -2.03. The van der Waals surface area contributed by atoms with Gasteiger partial charge in [0.25, 0.3) is 0 Å². The average molecular weight is 339 g/mol. The highest BCUT2D eigenvalue weighted by Gasteiger charge is 2.12. The second-order valence-corrected chi connectivity index (χ2v) is 6.79. The van der Waals surface area contributed by atoms with Crippen molar-refractivity contribution in [3.05, 3.63) is 46.9 Å². The summed E-state index contributed by atoms with van der Waals surface area (Å²) in [6, 6.07) is 3.99. The van der Waals surface area contributed by atoms with E-state index in [9.17, 15) is 0 Å². The van der Waals surface area contributed by atoms with Crippen LogP contribution in [-0.4, -0.2) is 34.0 Å². The molecule has 0 atom stereocenters. The quantitative estimate of drug-likeness (QED) is 0.534. The summed E-state index contributed by atoms with van der Waals surface area (Å²) in [5.41, 5.74) is 4.84. The molecule has 4 heterocycles. The number of nitrogens with zero attached hydrogens (tertiary/aromatic N) is 7. The Hall–Kier alpha value is -2.48. The van der Waals surface area contributed by atoms with Crippen molar-refractivity contribution in [1.29, 1.82) is 0 Å². The van der Waals surface area contributed by atoms with Crippen LogP contribution < -0.4 is 0 Å². The van der Waals surface area contributed by atoms with Crippen molar-refractivity contribution in [2.75, 3.05) is 0 Å². The molecule has 0 amide bonds. The zero-order valence-electron chi connectivity index (χ0n) is 14.0. The minimum Gasteiger partial charge on any atom is -0.288 e. The van der Waals surface area contributed by atoms with Crippen molar-refractivity contribution >= 4 is 23.2 Å². The molecule has 4 aromatic rings. The van der Waals surface area contributed by atoms with Gasteiger partial charge in [-0.05, 0) is 33.8 Å². The third kappa shape index (κ3) is 2.52. The van der Waals surface area contributed by atoms with Crippen LogP contribution in [0.4, 0.5) is 0 Å². The van der Waals surface area contributed by atoms with Crippen LogP contribution in [-0.2, 0) is 5.75 Å². The van der Waals surface area contributed by atoms with E-state index in [4.69, 9.17) is 0 Å². The smallest absolute Gasteiger partial charge is 0.234 e. The lowest BCUT2D eigenvalue weighted by atomic mass is 10.3. The summed E-state index contributed by atoms with van der Waals surface area (Å²) >= 11 is 1.60. The Morgan fingerprint density at radius 3 is 2.58 bits per heavy atom. The van der Waals surface area contributed by atoms with Crippen LogP contribution in [0.3, 0.4) is 0 Å². The Bertz CT molecular complexity index is 1060. The van der Waals surface area contributed by atoms with E-state index in [1.807, 2.05) is 41.8 Å². The average Bonchev–Trinajstić information content (AvgIpc) is 3.08. The van der Waals surface area contributed by atoms with Gasteiger partial charge in [-0.25, -0.2) is 15.0 Å². The van der Waals surface area contributed by atoms with Gasteiger partial charge in [0, 0.05) is 35.1 Å². The minimum atomic E-state index is 0.704. The zero-order chi connectivity index (χ0) is 16.8. The summed E-state index contributed by atoms with van der Waals surface area (Å²) in [6.45, 7) is 7.97. The van der Waals surface area contributed by atoms with Gasteiger partial charge in [0.1, 0.15) is 5.82 Å². The van der Waals surface area contributed by atoms with E-state index < -0.39 is 0 Å². The highest BCUT2D eigenvalue weighted by atomic mass is 32.2. The van der Waals surface area contributed by atoms with Crippen LogP contribution in [0.15, 0.2) is 23.5 Å². The maximum atomic E-state index is 4.61. The van der Waals surface area contributed by atoms with E-state index in [1.54, 1.807) is 11.8 Å². The Balaban J connectivity index is 1.65. The highest BCUT2D eigenvalue weighted by molar-refractivity contribution is 7.98. The number of aryl methyl sites for hydroxylation is 4. The third-order valence-electron chi connectivity index (χ3n) is 3.82. The molecular weight excluding hydrogens is 322 g/mol. The first-order chi connectivity index (χ1) is 11.5. The van der Waals surface area contributed by atoms with Crippen molar-refractivity contribution in [3.63, 3.8) is 0 Å². The van der Waals surface area contributed by atoms with Gasteiger partial charge in [-0.2, -0.15) is 0 Å². The lowest BCUT2D eigenvalue weighted by molar-refractivity contribution is 0.854. The number of thioether (sulfide) groups is 1. The molecule has 0 saturated carbocycles.